The van der Waals surface area contributed by atoms with Crippen molar-refractivity contribution in [1.82, 2.24) is 4.90 Å². The number of nitrogens with one attached hydrogen (secondary N) is 1. The van der Waals surface area contributed by atoms with Crippen LogP contribution in [0.2, 0.25) is 5.02 Å². The lowest BCUT2D eigenvalue weighted by molar-refractivity contribution is -0.127. The third-order valence-electron chi connectivity index (χ3n) is 5.58. The van der Waals surface area contributed by atoms with Gasteiger partial charge in [0.15, 0.2) is 0 Å². The van der Waals surface area contributed by atoms with E-state index in [0.29, 0.717) is 17.3 Å². The Morgan fingerprint density at radius 3 is 2.35 bits per heavy atom. The Labute approximate surface area is 251 Å². The summed E-state index contributed by atoms with van der Waals surface area (Å²) in [6.45, 7) is 3.98. The van der Waals surface area contributed by atoms with E-state index in [9.17, 15) is 14.4 Å². The third kappa shape index (κ3) is 7.06. The molecule has 0 atom stereocenters. The largest absolute Gasteiger partial charge is 0.487 e. The molecule has 1 heterocycles. The van der Waals surface area contributed by atoms with E-state index in [1.54, 1.807) is 12.1 Å². The number of rotatable bonds is 7. The molecule has 3 amide bonds. The maximum absolute atomic E-state index is 12.9. The van der Waals surface area contributed by atoms with Crippen LogP contribution in [-0.2, 0) is 16.2 Å². The molecule has 0 saturated carbocycles. The highest BCUT2D eigenvalue weighted by molar-refractivity contribution is 14.1. The van der Waals surface area contributed by atoms with E-state index in [2.05, 4.69) is 50.5 Å². The lowest BCUT2D eigenvalue weighted by Gasteiger charge is -2.13. The van der Waals surface area contributed by atoms with Crippen molar-refractivity contribution in [3.8, 4) is 5.75 Å². The van der Waals surface area contributed by atoms with E-state index in [0.717, 1.165) is 51.8 Å². The molecule has 190 valence electrons. The molecular formula is C27H21ClI2N2O4S. The van der Waals surface area contributed by atoms with Crippen LogP contribution in [0.5, 0.6) is 5.75 Å². The van der Waals surface area contributed by atoms with Gasteiger partial charge in [0.25, 0.3) is 11.1 Å². The molecule has 0 bridgehead atoms. The minimum Gasteiger partial charge on any atom is -0.487 e. The Morgan fingerprint density at radius 2 is 1.70 bits per heavy atom. The number of ether oxygens (including phenoxy) is 1. The monoisotopic (exact) mass is 758 g/mol. The molecule has 0 spiro atoms. The maximum Gasteiger partial charge on any atom is 0.294 e. The van der Waals surface area contributed by atoms with Crippen LogP contribution in [0, 0.1) is 21.0 Å². The second-order valence-electron chi connectivity index (χ2n) is 8.34. The summed E-state index contributed by atoms with van der Waals surface area (Å²) in [6.07, 6.45) is 1.67. The molecule has 0 aliphatic carbocycles. The molecule has 3 aromatic rings. The van der Waals surface area contributed by atoms with Gasteiger partial charge in [0.05, 0.1) is 12.0 Å². The number of nitrogens with zero attached hydrogens (tertiary/aromatic N) is 1. The van der Waals surface area contributed by atoms with Gasteiger partial charge in [-0.05, 0) is 136 Å². The van der Waals surface area contributed by atoms with Gasteiger partial charge in [-0.1, -0.05) is 29.8 Å². The second kappa shape index (κ2) is 12.2. The van der Waals surface area contributed by atoms with E-state index in [1.165, 1.54) is 0 Å². The highest BCUT2D eigenvalue weighted by Crippen LogP contribution is 2.35. The summed E-state index contributed by atoms with van der Waals surface area (Å²) in [6, 6.07) is 16.8. The molecule has 0 aromatic heterocycles. The van der Waals surface area contributed by atoms with Crippen molar-refractivity contribution in [2.24, 2.45) is 0 Å². The van der Waals surface area contributed by atoms with Gasteiger partial charge in [-0.25, -0.2) is 0 Å². The molecule has 10 heteroatoms. The van der Waals surface area contributed by atoms with Crippen LogP contribution in [0.4, 0.5) is 10.5 Å². The van der Waals surface area contributed by atoms with E-state index < -0.39 is 17.1 Å². The first-order chi connectivity index (χ1) is 17.6. The number of carbonyl (C=O) groups excluding carboxylic acids is 3. The zero-order valence-corrected chi connectivity index (χ0v) is 25.7. The number of anilines is 1. The van der Waals surface area contributed by atoms with Gasteiger partial charge >= 0.3 is 0 Å². The summed E-state index contributed by atoms with van der Waals surface area (Å²) < 4.78 is 7.77. The lowest BCUT2D eigenvalue weighted by Crippen LogP contribution is -2.36. The number of aryl methyl sites for hydroxylation is 2. The first-order valence-electron chi connectivity index (χ1n) is 11.1. The molecular weight excluding hydrogens is 738 g/mol. The number of halogens is 3. The molecule has 1 aliphatic rings. The fourth-order valence-corrected chi connectivity index (χ4v) is 6.58. The molecule has 1 N–H and O–H groups in total. The molecule has 37 heavy (non-hydrogen) atoms. The Morgan fingerprint density at radius 1 is 1.03 bits per heavy atom. The molecule has 3 aromatic carbocycles. The van der Waals surface area contributed by atoms with Crippen molar-refractivity contribution in [2.75, 3.05) is 11.9 Å². The maximum atomic E-state index is 12.9. The number of thioether (sulfide) groups is 1. The number of hydrogen-bond acceptors (Lipinski definition) is 5. The van der Waals surface area contributed by atoms with Gasteiger partial charge in [0, 0.05) is 10.7 Å². The smallest absolute Gasteiger partial charge is 0.294 e. The fraction of sp³-hybridized carbons (Fsp3) is 0.148. The molecule has 1 saturated heterocycles. The van der Waals surface area contributed by atoms with E-state index in [-0.39, 0.29) is 11.4 Å². The topological polar surface area (TPSA) is 75.7 Å². The summed E-state index contributed by atoms with van der Waals surface area (Å²) in [5.74, 6) is -0.180. The first kappa shape index (κ1) is 27.9. The van der Waals surface area contributed by atoms with Crippen LogP contribution in [0.3, 0.4) is 0 Å². The van der Waals surface area contributed by atoms with Crippen molar-refractivity contribution in [2.45, 2.75) is 20.5 Å². The van der Waals surface area contributed by atoms with Crippen LogP contribution >= 0.6 is 68.5 Å². The normalized spacial score (nSPS) is 14.4. The number of benzene rings is 3. The first-order valence-corrected chi connectivity index (χ1v) is 14.4. The van der Waals surface area contributed by atoms with E-state index in [1.807, 2.05) is 62.4 Å². The zero-order valence-electron chi connectivity index (χ0n) is 19.8. The highest BCUT2D eigenvalue weighted by atomic mass is 127. The lowest BCUT2D eigenvalue weighted by atomic mass is 10.1. The summed E-state index contributed by atoms with van der Waals surface area (Å²) in [7, 11) is 0. The minimum absolute atomic E-state index is 0.269. The van der Waals surface area contributed by atoms with Crippen molar-refractivity contribution >= 4 is 97.4 Å². The number of carbonyl (C=O) groups is 3. The van der Waals surface area contributed by atoms with Gasteiger partial charge in [-0.15, -0.1) is 0 Å². The van der Waals surface area contributed by atoms with Crippen LogP contribution in [-0.4, -0.2) is 28.5 Å². The number of hydrogen-bond donors (Lipinski definition) is 1. The average Bonchev–Trinajstić information content (AvgIpc) is 3.09. The molecule has 6 nitrogen and oxygen atoms in total. The van der Waals surface area contributed by atoms with Gasteiger partial charge in [0.1, 0.15) is 18.9 Å². The zero-order chi connectivity index (χ0) is 26.7. The highest BCUT2D eigenvalue weighted by Gasteiger charge is 2.36. The Kier molecular flexibility index (Phi) is 9.20. The van der Waals surface area contributed by atoms with E-state index >= 15 is 0 Å². The average molecular weight is 759 g/mol. The van der Waals surface area contributed by atoms with Crippen LogP contribution in [0.1, 0.15) is 22.3 Å². The van der Waals surface area contributed by atoms with Crippen molar-refractivity contribution in [3.63, 3.8) is 0 Å². The summed E-state index contributed by atoms with van der Waals surface area (Å²) in [5, 5.41) is 2.95. The molecule has 1 aliphatic heterocycles. The molecule has 4 rings (SSSR count). The Balaban J connectivity index is 1.43. The fourth-order valence-electron chi connectivity index (χ4n) is 3.49. The van der Waals surface area contributed by atoms with E-state index in [4.69, 9.17) is 16.3 Å². The predicted molar refractivity (Wildman–Crippen MR) is 165 cm³/mol. The standard InChI is InChI=1S/C27H21ClI2N2O4S/c1-15-3-8-20(9-16(15)2)31-24(33)13-32-26(34)23(37-27(32)35)12-18-10-21(29)25(22(30)11-18)36-14-17-4-6-19(28)7-5-17/h3-12H,13-14H2,1-2H3,(H,31,33)/b23-12+. The van der Waals surface area contributed by atoms with Gasteiger partial charge in [-0.2, -0.15) is 0 Å². The van der Waals surface area contributed by atoms with Gasteiger partial charge in [-0.3, -0.25) is 19.3 Å². The number of imide groups is 1. The second-order valence-corrected chi connectivity index (χ2v) is 12.1. The Hall–Kier alpha value is -2.09. The molecule has 0 unspecified atom stereocenters. The Bertz CT molecular complexity index is 1400. The molecule has 0 radical (unpaired) electrons. The van der Waals surface area contributed by atoms with Gasteiger partial charge < -0.3 is 10.1 Å². The predicted octanol–water partition coefficient (Wildman–Crippen LogP) is 7.42. The summed E-state index contributed by atoms with van der Waals surface area (Å²) >= 11 is 11.1. The van der Waals surface area contributed by atoms with Crippen LogP contribution < -0.4 is 10.1 Å². The third-order valence-corrected chi connectivity index (χ3v) is 8.34. The van der Waals surface area contributed by atoms with Crippen molar-refractivity contribution in [3.05, 3.63) is 93.9 Å². The summed E-state index contributed by atoms with van der Waals surface area (Å²) in [5.41, 5.74) is 4.53. The minimum atomic E-state index is -0.488. The molecule has 1 fully saturated rings. The van der Waals surface area contributed by atoms with Gasteiger partial charge in [0.2, 0.25) is 5.91 Å². The summed E-state index contributed by atoms with van der Waals surface area (Å²) in [4.78, 5) is 39.2. The van der Waals surface area contributed by atoms with Crippen molar-refractivity contribution in [1.29, 1.82) is 0 Å². The van der Waals surface area contributed by atoms with Crippen molar-refractivity contribution < 1.29 is 19.1 Å². The van der Waals surface area contributed by atoms with Crippen LogP contribution in [0.15, 0.2) is 59.5 Å². The SMILES string of the molecule is Cc1ccc(NC(=O)CN2C(=O)S/C(=C/c3cc(I)c(OCc4ccc(Cl)cc4)c(I)c3)C2=O)cc1C. The number of amides is 3. The van der Waals surface area contributed by atoms with Crippen LogP contribution in [0.25, 0.3) is 6.08 Å². The quantitative estimate of drug-likeness (QED) is 0.201.